The molecule has 0 unspecified atom stereocenters. The number of ether oxygens (including phenoxy) is 1. The minimum atomic E-state index is 0.515. The summed E-state index contributed by atoms with van der Waals surface area (Å²) in [7, 11) is 3.95. The molecule has 0 aliphatic heterocycles. The van der Waals surface area contributed by atoms with E-state index in [4.69, 9.17) is 4.74 Å². The predicted molar refractivity (Wildman–Crippen MR) is 118 cm³/mol. The van der Waals surface area contributed by atoms with E-state index in [-0.39, 0.29) is 0 Å². The zero-order valence-corrected chi connectivity index (χ0v) is 17.8. The van der Waals surface area contributed by atoms with Gasteiger partial charge in [-0.1, -0.05) is 42.5 Å². The van der Waals surface area contributed by atoms with E-state index >= 15 is 0 Å². The Morgan fingerprint density at radius 3 is 2.14 bits per heavy atom. The monoisotopic (exact) mass is 382 g/mol. The van der Waals surface area contributed by atoms with Gasteiger partial charge < -0.3 is 15.4 Å². The molecule has 0 fully saturated rings. The Balaban J connectivity index is 1.96. The molecule has 0 aliphatic carbocycles. The van der Waals surface area contributed by atoms with Gasteiger partial charge in [0.25, 0.3) is 0 Å². The maximum atomic E-state index is 5.70. The fourth-order valence-electron chi connectivity index (χ4n) is 2.86. The Bertz CT molecular complexity index is 758. The SMILES string of the molecule is CCOc1ccccc1CNC(=NC)NCc1ccccc1CN(C)C(C)C. The molecular formula is C23H34N4O. The van der Waals surface area contributed by atoms with E-state index in [1.165, 1.54) is 11.1 Å². The zero-order chi connectivity index (χ0) is 20.4. The summed E-state index contributed by atoms with van der Waals surface area (Å²) in [6.45, 7) is 9.41. The molecule has 28 heavy (non-hydrogen) atoms. The van der Waals surface area contributed by atoms with Gasteiger partial charge in [-0.05, 0) is 45.0 Å². The van der Waals surface area contributed by atoms with Crippen molar-refractivity contribution in [1.29, 1.82) is 0 Å². The van der Waals surface area contributed by atoms with E-state index < -0.39 is 0 Å². The van der Waals surface area contributed by atoms with Crippen molar-refractivity contribution in [3.05, 3.63) is 65.2 Å². The molecule has 0 bridgehead atoms. The molecule has 0 aromatic heterocycles. The Hall–Kier alpha value is -2.53. The van der Waals surface area contributed by atoms with Crippen molar-refractivity contribution >= 4 is 5.96 Å². The van der Waals surface area contributed by atoms with Gasteiger partial charge >= 0.3 is 0 Å². The molecule has 0 saturated carbocycles. The van der Waals surface area contributed by atoms with Crippen molar-refractivity contribution in [3.8, 4) is 5.75 Å². The fourth-order valence-corrected chi connectivity index (χ4v) is 2.86. The minimum Gasteiger partial charge on any atom is -0.494 e. The lowest BCUT2D eigenvalue weighted by Crippen LogP contribution is -2.36. The maximum absolute atomic E-state index is 5.70. The molecule has 2 N–H and O–H groups in total. The van der Waals surface area contributed by atoms with Gasteiger partial charge in [0.1, 0.15) is 5.75 Å². The highest BCUT2D eigenvalue weighted by Crippen LogP contribution is 2.17. The molecular weight excluding hydrogens is 348 g/mol. The number of nitrogens with zero attached hydrogens (tertiary/aromatic N) is 2. The molecule has 2 aromatic carbocycles. The molecule has 5 nitrogen and oxygen atoms in total. The highest BCUT2D eigenvalue weighted by Gasteiger charge is 2.09. The van der Waals surface area contributed by atoms with Crippen LogP contribution in [-0.2, 0) is 19.6 Å². The first-order chi connectivity index (χ1) is 13.5. The predicted octanol–water partition coefficient (Wildman–Crippen LogP) is 3.79. The normalized spacial score (nSPS) is 11.8. The average molecular weight is 383 g/mol. The first-order valence-electron chi connectivity index (χ1n) is 9.97. The van der Waals surface area contributed by atoms with Crippen molar-refractivity contribution in [2.24, 2.45) is 4.99 Å². The third kappa shape index (κ3) is 6.57. The summed E-state index contributed by atoms with van der Waals surface area (Å²) in [6, 6.07) is 17.2. The van der Waals surface area contributed by atoms with Crippen molar-refractivity contribution in [1.82, 2.24) is 15.5 Å². The van der Waals surface area contributed by atoms with Crippen LogP contribution in [-0.4, -0.2) is 37.6 Å². The summed E-state index contributed by atoms with van der Waals surface area (Å²) in [5, 5.41) is 6.81. The summed E-state index contributed by atoms with van der Waals surface area (Å²) in [5.74, 6) is 1.69. The number of hydrogen-bond acceptors (Lipinski definition) is 3. The number of aliphatic imine (C=N–C) groups is 1. The lowest BCUT2D eigenvalue weighted by atomic mass is 10.1. The summed E-state index contributed by atoms with van der Waals surface area (Å²) in [4.78, 5) is 6.70. The van der Waals surface area contributed by atoms with Gasteiger partial charge in [0.2, 0.25) is 0 Å². The molecule has 0 atom stereocenters. The van der Waals surface area contributed by atoms with Gasteiger partial charge in [-0.2, -0.15) is 0 Å². The number of nitrogens with one attached hydrogen (secondary N) is 2. The Kier molecular flexibility index (Phi) is 8.82. The molecule has 0 radical (unpaired) electrons. The molecule has 2 rings (SSSR count). The average Bonchev–Trinajstić information content (AvgIpc) is 2.70. The van der Waals surface area contributed by atoms with Crippen LogP contribution < -0.4 is 15.4 Å². The second kappa shape index (κ2) is 11.3. The highest BCUT2D eigenvalue weighted by atomic mass is 16.5. The second-order valence-electron chi connectivity index (χ2n) is 7.10. The summed E-state index contributed by atoms with van der Waals surface area (Å²) in [6.07, 6.45) is 0. The number of rotatable bonds is 9. The van der Waals surface area contributed by atoms with Crippen LogP contribution in [0.15, 0.2) is 53.5 Å². The fraction of sp³-hybridized carbons (Fsp3) is 0.435. The largest absolute Gasteiger partial charge is 0.494 e. The summed E-state index contributed by atoms with van der Waals surface area (Å²) in [5.41, 5.74) is 3.74. The lowest BCUT2D eigenvalue weighted by molar-refractivity contribution is 0.265. The van der Waals surface area contributed by atoms with E-state index in [0.29, 0.717) is 19.2 Å². The van der Waals surface area contributed by atoms with Crippen LogP contribution in [0.5, 0.6) is 5.75 Å². The van der Waals surface area contributed by atoms with E-state index in [2.05, 4.69) is 71.8 Å². The first-order valence-corrected chi connectivity index (χ1v) is 9.97. The number of para-hydroxylation sites is 1. The molecule has 0 aliphatic rings. The highest BCUT2D eigenvalue weighted by molar-refractivity contribution is 5.79. The standard InChI is InChI=1S/C23H34N4O/c1-6-28-22-14-10-9-12-20(22)16-26-23(24-4)25-15-19-11-7-8-13-21(19)17-27(5)18(2)3/h7-14,18H,6,15-17H2,1-5H3,(H2,24,25,26). The minimum absolute atomic E-state index is 0.515. The van der Waals surface area contributed by atoms with Crippen LogP contribution in [0.2, 0.25) is 0 Å². The van der Waals surface area contributed by atoms with Crippen LogP contribution in [0, 0.1) is 0 Å². The Morgan fingerprint density at radius 2 is 1.54 bits per heavy atom. The Morgan fingerprint density at radius 1 is 0.964 bits per heavy atom. The van der Waals surface area contributed by atoms with Gasteiger partial charge in [0, 0.05) is 38.3 Å². The smallest absolute Gasteiger partial charge is 0.191 e. The maximum Gasteiger partial charge on any atom is 0.191 e. The van der Waals surface area contributed by atoms with Crippen LogP contribution in [0.4, 0.5) is 0 Å². The number of benzene rings is 2. The van der Waals surface area contributed by atoms with Gasteiger partial charge in [0.15, 0.2) is 5.96 Å². The van der Waals surface area contributed by atoms with Crippen molar-refractivity contribution in [3.63, 3.8) is 0 Å². The van der Waals surface area contributed by atoms with Gasteiger partial charge in [-0.15, -0.1) is 0 Å². The topological polar surface area (TPSA) is 48.9 Å². The number of guanidine groups is 1. The molecule has 0 heterocycles. The number of hydrogen-bond donors (Lipinski definition) is 2. The van der Waals surface area contributed by atoms with Crippen LogP contribution in [0.3, 0.4) is 0 Å². The molecule has 152 valence electrons. The van der Waals surface area contributed by atoms with Gasteiger partial charge in [-0.25, -0.2) is 0 Å². The van der Waals surface area contributed by atoms with Gasteiger partial charge in [-0.3, -0.25) is 9.89 Å². The molecule has 2 aromatic rings. The zero-order valence-electron chi connectivity index (χ0n) is 17.8. The van der Waals surface area contributed by atoms with Crippen LogP contribution in [0.1, 0.15) is 37.5 Å². The second-order valence-corrected chi connectivity index (χ2v) is 7.10. The lowest BCUT2D eigenvalue weighted by Gasteiger charge is -2.23. The van der Waals surface area contributed by atoms with E-state index in [0.717, 1.165) is 30.4 Å². The quantitative estimate of drug-likeness (QED) is 0.512. The third-order valence-electron chi connectivity index (χ3n) is 4.81. The van der Waals surface area contributed by atoms with E-state index in [9.17, 15) is 0 Å². The molecule has 0 amide bonds. The molecule has 5 heteroatoms. The Labute approximate surface area is 169 Å². The summed E-state index contributed by atoms with van der Waals surface area (Å²) < 4.78 is 5.70. The van der Waals surface area contributed by atoms with Crippen molar-refractivity contribution < 1.29 is 4.74 Å². The summed E-state index contributed by atoms with van der Waals surface area (Å²) >= 11 is 0. The van der Waals surface area contributed by atoms with Gasteiger partial charge in [0.05, 0.1) is 6.61 Å². The molecule has 0 spiro atoms. The van der Waals surface area contributed by atoms with Crippen LogP contribution >= 0.6 is 0 Å². The van der Waals surface area contributed by atoms with Crippen molar-refractivity contribution in [2.75, 3.05) is 20.7 Å². The van der Waals surface area contributed by atoms with E-state index in [1.807, 2.05) is 25.1 Å². The molecule has 0 saturated heterocycles. The van der Waals surface area contributed by atoms with Crippen LogP contribution in [0.25, 0.3) is 0 Å². The first kappa shape index (κ1) is 21.8. The van der Waals surface area contributed by atoms with Crippen molar-refractivity contribution in [2.45, 2.75) is 46.4 Å². The third-order valence-corrected chi connectivity index (χ3v) is 4.81. The van der Waals surface area contributed by atoms with E-state index in [1.54, 1.807) is 7.05 Å².